The molecule has 0 saturated carbocycles. The Morgan fingerprint density at radius 1 is 1.00 bits per heavy atom. The van der Waals surface area contributed by atoms with E-state index >= 15 is 0 Å². The summed E-state index contributed by atoms with van der Waals surface area (Å²) in [5, 5.41) is 0. The van der Waals surface area contributed by atoms with Gasteiger partial charge in [0.05, 0.1) is 0 Å². The number of fused-ring (bicyclic) bond motifs is 1. The van der Waals surface area contributed by atoms with Crippen molar-refractivity contribution in [3.05, 3.63) is 78.1 Å². The van der Waals surface area contributed by atoms with Crippen molar-refractivity contribution >= 4 is 11.8 Å². The van der Waals surface area contributed by atoms with Gasteiger partial charge in [-0.05, 0) is 48.9 Å². The number of hydrogen-bond acceptors (Lipinski definition) is 4. The normalized spacial score (nSPS) is 15.0. The number of aryl methyl sites for hydroxylation is 1. The van der Waals surface area contributed by atoms with Gasteiger partial charge in [0.2, 0.25) is 6.10 Å². The fraction of sp³-hybridized carbons (Fsp3) is 0.143. The van der Waals surface area contributed by atoms with Gasteiger partial charge < -0.3 is 14.0 Å². The molecule has 0 radical (unpaired) electrons. The Morgan fingerprint density at radius 2 is 1.75 bits per heavy atom. The van der Waals surface area contributed by atoms with E-state index in [1.807, 2.05) is 48.1 Å². The molecule has 1 aliphatic rings. The van der Waals surface area contributed by atoms with Crippen LogP contribution in [0.15, 0.2) is 67.0 Å². The van der Waals surface area contributed by atoms with E-state index in [-0.39, 0.29) is 6.61 Å². The first kappa shape index (κ1) is 17.7. The molecule has 2 heterocycles. The molecular formula is C21H19N3O4. The number of carbonyl (C=O) groups is 2. The lowest BCUT2D eigenvalue weighted by molar-refractivity contribution is -0.131. The van der Waals surface area contributed by atoms with Gasteiger partial charge in [-0.25, -0.2) is 0 Å². The second-order valence-electron chi connectivity index (χ2n) is 6.40. The molecule has 2 amide bonds. The van der Waals surface area contributed by atoms with Gasteiger partial charge >= 0.3 is 0 Å². The molecule has 1 aliphatic heterocycles. The highest BCUT2D eigenvalue weighted by Crippen LogP contribution is 2.30. The van der Waals surface area contributed by atoms with Crippen molar-refractivity contribution in [3.8, 4) is 17.2 Å². The van der Waals surface area contributed by atoms with E-state index in [0.717, 1.165) is 11.3 Å². The molecule has 0 aliphatic carbocycles. The lowest BCUT2D eigenvalue weighted by atomic mass is 10.1. The van der Waals surface area contributed by atoms with Crippen molar-refractivity contribution in [2.75, 3.05) is 6.61 Å². The van der Waals surface area contributed by atoms with Crippen LogP contribution in [-0.4, -0.2) is 29.1 Å². The first-order valence-electron chi connectivity index (χ1n) is 8.84. The quantitative estimate of drug-likeness (QED) is 0.687. The number of aromatic nitrogens is 1. The van der Waals surface area contributed by atoms with E-state index in [1.165, 1.54) is 0 Å². The zero-order chi connectivity index (χ0) is 19.5. The average Bonchev–Trinajstić information content (AvgIpc) is 3.26. The molecule has 0 saturated heterocycles. The predicted molar refractivity (Wildman–Crippen MR) is 102 cm³/mol. The Kier molecular flexibility index (Phi) is 4.72. The minimum atomic E-state index is -0.844. The molecule has 142 valence electrons. The third-order valence-corrected chi connectivity index (χ3v) is 4.45. The summed E-state index contributed by atoms with van der Waals surface area (Å²) in [5.41, 5.74) is 7.18. The number of benzene rings is 2. The van der Waals surface area contributed by atoms with Crippen LogP contribution >= 0.6 is 0 Å². The van der Waals surface area contributed by atoms with Crippen molar-refractivity contribution in [3.63, 3.8) is 0 Å². The van der Waals surface area contributed by atoms with Crippen LogP contribution in [0, 0.1) is 6.92 Å². The van der Waals surface area contributed by atoms with Crippen molar-refractivity contribution in [2.24, 2.45) is 0 Å². The van der Waals surface area contributed by atoms with Crippen LogP contribution in [0.1, 0.15) is 15.9 Å². The number of hydrazine groups is 1. The lowest BCUT2D eigenvalue weighted by Crippen LogP contribution is -2.50. The summed E-state index contributed by atoms with van der Waals surface area (Å²) < 4.78 is 13.1. The molecule has 0 fully saturated rings. The number of nitrogens with one attached hydrogen (secondary N) is 2. The number of hydrogen-bond donors (Lipinski definition) is 2. The topological polar surface area (TPSA) is 81.6 Å². The average molecular weight is 377 g/mol. The van der Waals surface area contributed by atoms with Gasteiger partial charge in [-0.2, -0.15) is 0 Å². The van der Waals surface area contributed by atoms with Crippen LogP contribution in [-0.2, 0) is 4.79 Å². The number of carbonyl (C=O) groups excluding carboxylic acids is 2. The van der Waals surface area contributed by atoms with Gasteiger partial charge in [0, 0.05) is 23.6 Å². The summed E-state index contributed by atoms with van der Waals surface area (Å²) in [6.45, 7) is 2.04. The monoisotopic (exact) mass is 377 g/mol. The van der Waals surface area contributed by atoms with Crippen LogP contribution < -0.4 is 20.3 Å². The van der Waals surface area contributed by atoms with Crippen LogP contribution in [0.25, 0.3) is 5.69 Å². The first-order valence-corrected chi connectivity index (χ1v) is 8.84. The first-order chi connectivity index (χ1) is 13.6. The molecule has 0 bridgehead atoms. The number of para-hydroxylation sites is 2. The summed E-state index contributed by atoms with van der Waals surface area (Å²) >= 11 is 0. The number of rotatable bonds is 3. The highest BCUT2D eigenvalue weighted by Gasteiger charge is 2.27. The van der Waals surface area contributed by atoms with E-state index in [9.17, 15) is 9.59 Å². The largest absolute Gasteiger partial charge is 0.485 e. The van der Waals surface area contributed by atoms with Gasteiger partial charge in [0.15, 0.2) is 11.5 Å². The summed E-state index contributed by atoms with van der Waals surface area (Å²) in [6.07, 6.45) is 2.97. The predicted octanol–water partition coefficient (Wildman–Crippen LogP) is 2.39. The minimum Gasteiger partial charge on any atom is -0.485 e. The molecule has 2 aromatic carbocycles. The van der Waals surface area contributed by atoms with E-state index in [4.69, 9.17) is 9.47 Å². The maximum absolute atomic E-state index is 12.5. The molecule has 0 spiro atoms. The summed E-state index contributed by atoms with van der Waals surface area (Å²) in [5.74, 6) is 0.183. The minimum absolute atomic E-state index is 0.0705. The van der Waals surface area contributed by atoms with Crippen LogP contribution in [0.4, 0.5) is 0 Å². The van der Waals surface area contributed by atoms with Gasteiger partial charge in [-0.3, -0.25) is 20.4 Å². The van der Waals surface area contributed by atoms with Crippen LogP contribution in [0.2, 0.25) is 0 Å². The highest BCUT2D eigenvalue weighted by molar-refractivity contribution is 5.96. The van der Waals surface area contributed by atoms with E-state index in [0.29, 0.717) is 17.1 Å². The third kappa shape index (κ3) is 3.55. The van der Waals surface area contributed by atoms with Gasteiger partial charge in [0.1, 0.15) is 6.61 Å². The van der Waals surface area contributed by atoms with Crippen LogP contribution in [0.5, 0.6) is 11.5 Å². The summed E-state index contributed by atoms with van der Waals surface area (Å²) in [6, 6.07) is 16.3. The smallest absolute Gasteiger partial charge is 0.283 e. The highest BCUT2D eigenvalue weighted by atomic mass is 16.6. The Balaban J connectivity index is 1.40. The van der Waals surface area contributed by atoms with Crippen molar-refractivity contribution in [1.29, 1.82) is 0 Å². The number of amides is 2. The summed E-state index contributed by atoms with van der Waals surface area (Å²) in [7, 11) is 0. The molecule has 28 heavy (non-hydrogen) atoms. The lowest BCUT2D eigenvalue weighted by Gasteiger charge is -2.25. The van der Waals surface area contributed by atoms with E-state index in [2.05, 4.69) is 10.9 Å². The fourth-order valence-corrected chi connectivity index (χ4v) is 2.94. The molecule has 3 aromatic rings. The molecule has 7 heteroatoms. The molecule has 4 rings (SSSR count). The Labute approximate surface area is 161 Å². The van der Waals surface area contributed by atoms with E-state index < -0.39 is 17.9 Å². The third-order valence-electron chi connectivity index (χ3n) is 4.45. The maximum Gasteiger partial charge on any atom is 0.283 e. The Morgan fingerprint density at radius 3 is 2.54 bits per heavy atom. The van der Waals surface area contributed by atoms with Crippen molar-refractivity contribution in [2.45, 2.75) is 13.0 Å². The Bertz CT molecular complexity index is 1010. The summed E-state index contributed by atoms with van der Waals surface area (Å²) in [4.78, 5) is 24.8. The van der Waals surface area contributed by atoms with Gasteiger partial charge in [0.25, 0.3) is 11.8 Å². The number of ether oxygens (including phenoxy) is 2. The molecular weight excluding hydrogens is 358 g/mol. The molecule has 1 aromatic heterocycles. The van der Waals surface area contributed by atoms with Gasteiger partial charge in [-0.1, -0.05) is 18.2 Å². The van der Waals surface area contributed by atoms with Gasteiger partial charge in [-0.15, -0.1) is 0 Å². The fourth-order valence-electron chi connectivity index (χ4n) is 2.94. The second-order valence-corrected chi connectivity index (χ2v) is 6.40. The molecule has 7 nitrogen and oxygen atoms in total. The van der Waals surface area contributed by atoms with Crippen molar-refractivity contribution < 1.29 is 19.1 Å². The maximum atomic E-state index is 12.5. The number of nitrogens with zero attached hydrogens (tertiary/aromatic N) is 1. The van der Waals surface area contributed by atoms with E-state index in [1.54, 1.807) is 30.3 Å². The molecule has 2 N–H and O–H groups in total. The zero-order valence-electron chi connectivity index (χ0n) is 15.2. The van der Waals surface area contributed by atoms with Crippen LogP contribution in [0.3, 0.4) is 0 Å². The SMILES string of the molecule is Cc1ccc(C(=O)NNC(=O)C2COc3ccccc3O2)cc1-n1cccc1. The van der Waals surface area contributed by atoms with Crippen molar-refractivity contribution in [1.82, 2.24) is 15.4 Å². The second kappa shape index (κ2) is 7.48. The molecule has 1 unspecified atom stereocenters. The molecule has 1 atom stereocenters. The standard InChI is InChI=1S/C21H19N3O4/c1-14-8-9-15(12-16(14)24-10-4-5-11-24)20(25)22-23-21(26)19-13-27-17-6-2-3-7-18(17)28-19/h2-12,19H,13H2,1H3,(H,22,25)(H,23,26). The Hall–Kier alpha value is -3.74. The zero-order valence-corrected chi connectivity index (χ0v) is 15.2.